The van der Waals surface area contributed by atoms with Crippen LogP contribution >= 0.6 is 0 Å². The van der Waals surface area contributed by atoms with Crippen LogP contribution in [0.3, 0.4) is 0 Å². The molecule has 1 saturated heterocycles. The molecular formula is C21H24N4O2. The maximum absolute atomic E-state index is 13.0. The van der Waals surface area contributed by atoms with E-state index >= 15 is 0 Å². The van der Waals surface area contributed by atoms with Gasteiger partial charge in [0, 0.05) is 55.7 Å². The van der Waals surface area contributed by atoms with Crippen LogP contribution in [0.5, 0.6) is 5.75 Å². The Balaban J connectivity index is 1.33. The van der Waals surface area contributed by atoms with Crippen molar-refractivity contribution in [1.29, 1.82) is 0 Å². The van der Waals surface area contributed by atoms with E-state index in [0.29, 0.717) is 19.0 Å². The Morgan fingerprint density at radius 1 is 1.33 bits per heavy atom. The summed E-state index contributed by atoms with van der Waals surface area (Å²) in [6.45, 7) is 5.34. The highest BCUT2D eigenvalue weighted by molar-refractivity contribution is 5.94. The van der Waals surface area contributed by atoms with Crippen LogP contribution in [0, 0.1) is 0 Å². The summed E-state index contributed by atoms with van der Waals surface area (Å²) >= 11 is 0. The van der Waals surface area contributed by atoms with Gasteiger partial charge in [0.1, 0.15) is 17.7 Å². The van der Waals surface area contributed by atoms with E-state index in [2.05, 4.69) is 17.2 Å². The third-order valence-corrected chi connectivity index (χ3v) is 5.81. The lowest BCUT2D eigenvalue weighted by atomic mass is 10.0. The molecule has 0 unspecified atom stereocenters. The zero-order valence-corrected chi connectivity index (χ0v) is 15.6. The molecule has 1 amide bonds. The largest absolute Gasteiger partial charge is 0.490 e. The molecule has 1 aromatic heterocycles. The first kappa shape index (κ1) is 16.7. The lowest BCUT2D eigenvalue weighted by molar-refractivity contribution is 0.0733. The van der Waals surface area contributed by atoms with E-state index in [0.717, 1.165) is 66.3 Å². The Morgan fingerprint density at radius 2 is 2.26 bits per heavy atom. The lowest BCUT2D eigenvalue weighted by Crippen LogP contribution is -2.36. The van der Waals surface area contributed by atoms with Crippen molar-refractivity contribution < 1.29 is 9.53 Å². The van der Waals surface area contributed by atoms with Gasteiger partial charge in [-0.3, -0.25) is 4.79 Å². The van der Waals surface area contributed by atoms with Crippen molar-refractivity contribution in [3.05, 3.63) is 52.6 Å². The monoisotopic (exact) mass is 364 g/mol. The summed E-state index contributed by atoms with van der Waals surface area (Å²) in [5, 5.41) is 3.37. The normalized spacial score (nSPS) is 23.7. The Kier molecular flexibility index (Phi) is 4.08. The molecule has 6 nitrogen and oxygen atoms in total. The molecule has 2 aromatic rings. The minimum Gasteiger partial charge on any atom is -0.490 e. The van der Waals surface area contributed by atoms with Crippen molar-refractivity contribution in [2.75, 3.05) is 19.6 Å². The Labute approximate surface area is 159 Å². The van der Waals surface area contributed by atoms with Crippen molar-refractivity contribution in [3.63, 3.8) is 0 Å². The van der Waals surface area contributed by atoms with Crippen LogP contribution in [0.25, 0.3) is 0 Å². The summed E-state index contributed by atoms with van der Waals surface area (Å²) in [5.41, 5.74) is 4.04. The summed E-state index contributed by atoms with van der Waals surface area (Å²) in [7, 11) is 0. The molecule has 1 N–H and O–H groups in total. The van der Waals surface area contributed by atoms with Crippen LogP contribution in [0.4, 0.5) is 0 Å². The van der Waals surface area contributed by atoms with Gasteiger partial charge in [0.2, 0.25) is 0 Å². The summed E-state index contributed by atoms with van der Waals surface area (Å²) in [6.07, 6.45) is 4.87. The average Bonchev–Trinajstić information content (AvgIpc) is 3.34. The smallest absolute Gasteiger partial charge is 0.254 e. The number of nitrogens with one attached hydrogen (secondary N) is 1. The van der Waals surface area contributed by atoms with Crippen LogP contribution < -0.4 is 10.1 Å². The first-order valence-electron chi connectivity index (χ1n) is 9.81. The number of hydrogen-bond donors (Lipinski definition) is 1. The molecule has 2 atom stereocenters. The van der Waals surface area contributed by atoms with E-state index in [1.54, 1.807) is 0 Å². The van der Waals surface area contributed by atoms with Gasteiger partial charge in [0.05, 0.1) is 5.69 Å². The molecule has 0 radical (unpaired) electrons. The van der Waals surface area contributed by atoms with E-state index in [-0.39, 0.29) is 12.0 Å². The third kappa shape index (κ3) is 3.08. The van der Waals surface area contributed by atoms with E-state index in [4.69, 9.17) is 9.72 Å². The standard InChI is InChI=1S/C21H24N4O2/c1-13-8-16-9-14(2-3-19(16)27-13)21(26)25-7-5-18-17(12-25)11-23-20(24-18)15-4-6-22-10-15/h2-3,9,11,13,15,22H,4-8,10,12H2,1H3/t13-,15-/m1/s1. The second kappa shape index (κ2) is 6.60. The molecule has 0 spiro atoms. The maximum atomic E-state index is 13.0. The molecule has 27 heavy (non-hydrogen) atoms. The van der Waals surface area contributed by atoms with Gasteiger partial charge < -0.3 is 15.0 Å². The fourth-order valence-corrected chi connectivity index (χ4v) is 4.31. The van der Waals surface area contributed by atoms with E-state index in [9.17, 15) is 4.79 Å². The van der Waals surface area contributed by atoms with Crippen molar-refractivity contribution in [2.24, 2.45) is 0 Å². The zero-order valence-electron chi connectivity index (χ0n) is 15.6. The molecule has 0 bridgehead atoms. The third-order valence-electron chi connectivity index (χ3n) is 5.81. The SMILES string of the molecule is C[C@@H]1Cc2cc(C(=O)N3CCc4nc([C@@H]5CCNC5)ncc4C3)ccc2O1. The predicted octanol–water partition coefficient (Wildman–Crippen LogP) is 2.08. The molecule has 1 aromatic carbocycles. The summed E-state index contributed by atoms with van der Waals surface area (Å²) in [5.74, 6) is 2.36. The molecule has 0 saturated carbocycles. The van der Waals surface area contributed by atoms with E-state index in [1.807, 2.05) is 29.3 Å². The maximum Gasteiger partial charge on any atom is 0.254 e. The molecule has 3 aliphatic heterocycles. The van der Waals surface area contributed by atoms with Gasteiger partial charge in [-0.25, -0.2) is 9.97 Å². The predicted molar refractivity (Wildman–Crippen MR) is 101 cm³/mol. The van der Waals surface area contributed by atoms with Crippen LogP contribution in [0.1, 0.15) is 52.3 Å². The highest BCUT2D eigenvalue weighted by Gasteiger charge is 2.27. The van der Waals surface area contributed by atoms with Gasteiger partial charge in [-0.1, -0.05) is 0 Å². The minimum atomic E-state index is 0.0760. The molecule has 5 rings (SSSR count). The number of carbonyl (C=O) groups excluding carboxylic acids is 1. The van der Waals surface area contributed by atoms with Gasteiger partial charge in [-0.2, -0.15) is 0 Å². The summed E-state index contributed by atoms with van der Waals surface area (Å²) in [6, 6.07) is 5.79. The fourth-order valence-electron chi connectivity index (χ4n) is 4.31. The van der Waals surface area contributed by atoms with Crippen LogP contribution in [0.15, 0.2) is 24.4 Å². The van der Waals surface area contributed by atoms with Crippen LogP contribution in [-0.4, -0.2) is 46.5 Å². The first-order valence-corrected chi connectivity index (χ1v) is 9.81. The number of hydrogen-bond acceptors (Lipinski definition) is 5. The summed E-state index contributed by atoms with van der Waals surface area (Å²) in [4.78, 5) is 24.3. The van der Waals surface area contributed by atoms with Gasteiger partial charge in [0.25, 0.3) is 5.91 Å². The number of ether oxygens (including phenoxy) is 1. The second-order valence-electron chi connectivity index (χ2n) is 7.82. The lowest BCUT2D eigenvalue weighted by Gasteiger charge is -2.28. The van der Waals surface area contributed by atoms with Crippen LogP contribution in [0.2, 0.25) is 0 Å². The number of nitrogens with zero attached hydrogens (tertiary/aromatic N) is 3. The number of fused-ring (bicyclic) bond motifs is 2. The Morgan fingerprint density at radius 3 is 3.11 bits per heavy atom. The van der Waals surface area contributed by atoms with E-state index < -0.39 is 0 Å². The number of amides is 1. The Bertz CT molecular complexity index is 892. The fraction of sp³-hybridized carbons (Fsp3) is 0.476. The molecular weight excluding hydrogens is 340 g/mol. The highest BCUT2D eigenvalue weighted by Crippen LogP contribution is 2.30. The first-order chi connectivity index (χ1) is 13.2. The zero-order chi connectivity index (χ0) is 18.4. The topological polar surface area (TPSA) is 67.4 Å². The highest BCUT2D eigenvalue weighted by atomic mass is 16.5. The van der Waals surface area contributed by atoms with Crippen molar-refractivity contribution in [2.45, 2.75) is 44.8 Å². The van der Waals surface area contributed by atoms with Gasteiger partial charge in [-0.15, -0.1) is 0 Å². The molecule has 3 aliphatic rings. The Hall–Kier alpha value is -2.47. The van der Waals surface area contributed by atoms with Crippen molar-refractivity contribution in [3.8, 4) is 5.75 Å². The van der Waals surface area contributed by atoms with Crippen molar-refractivity contribution in [1.82, 2.24) is 20.2 Å². The van der Waals surface area contributed by atoms with Gasteiger partial charge in [0.15, 0.2) is 0 Å². The van der Waals surface area contributed by atoms with E-state index in [1.165, 1.54) is 0 Å². The van der Waals surface area contributed by atoms with Gasteiger partial charge >= 0.3 is 0 Å². The molecule has 6 heteroatoms. The molecule has 140 valence electrons. The number of benzene rings is 1. The van der Waals surface area contributed by atoms with Crippen LogP contribution in [-0.2, 0) is 19.4 Å². The van der Waals surface area contributed by atoms with Gasteiger partial charge in [-0.05, 0) is 43.7 Å². The number of rotatable bonds is 2. The molecule has 0 aliphatic carbocycles. The molecule has 1 fully saturated rings. The van der Waals surface area contributed by atoms with Crippen molar-refractivity contribution >= 4 is 5.91 Å². The molecule has 4 heterocycles. The number of aromatic nitrogens is 2. The average molecular weight is 364 g/mol. The second-order valence-corrected chi connectivity index (χ2v) is 7.82. The summed E-state index contributed by atoms with van der Waals surface area (Å²) < 4.78 is 5.74. The number of carbonyl (C=O) groups is 1. The quantitative estimate of drug-likeness (QED) is 0.884. The minimum absolute atomic E-state index is 0.0760.